The number of rotatable bonds is 3. The van der Waals surface area contributed by atoms with E-state index >= 15 is 0 Å². The molecule has 0 atom stereocenters. The van der Waals surface area contributed by atoms with Crippen molar-refractivity contribution < 1.29 is 9.90 Å². The molecule has 136 valence electrons. The summed E-state index contributed by atoms with van der Waals surface area (Å²) in [6.07, 6.45) is 1.42. The van der Waals surface area contributed by atoms with Crippen molar-refractivity contribution in [3.8, 4) is 5.75 Å². The van der Waals surface area contributed by atoms with Crippen molar-refractivity contribution in [2.45, 2.75) is 41.5 Å². The van der Waals surface area contributed by atoms with Crippen molar-refractivity contribution in [1.82, 2.24) is 5.43 Å². The van der Waals surface area contributed by atoms with Gasteiger partial charge in [0, 0.05) is 16.8 Å². The Hall–Kier alpha value is -2.82. The van der Waals surface area contributed by atoms with Gasteiger partial charge in [-0.25, -0.2) is 5.43 Å². The number of phenols is 1. The van der Waals surface area contributed by atoms with Gasteiger partial charge in [-0.15, -0.1) is 0 Å². The van der Waals surface area contributed by atoms with Gasteiger partial charge in [-0.3, -0.25) is 4.79 Å². The Morgan fingerprint density at radius 3 is 2.20 bits per heavy atom. The van der Waals surface area contributed by atoms with Crippen LogP contribution in [-0.4, -0.2) is 17.2 Å². The predicted octanol–water partition coefficient (Wildman–Crippen LogP) is 4.41. The molecule has 0 unspecified atom stereocenters. The average Bonchev–Trinajstić information content (AvgIpc) is 2.63. The van der Waals surface area contributed by atoms with Crippen LogP contribution in [0.5, 0.6) is 5.75 Å². The number of anilines is 1. The maximum absolute atomic E-state index is 11.8. The highest BCUT2D eigenvalue weighted by Gasteiger charge is 2.05. The molecule has 2 rings (SSSR count). The molecule has 0 heterocycles. The van der Waals surface area contributed by atoms with E-state index in [9.17, 15) is 9.90 Å². The largest absolute Gasteiger partial charge is 0.507 e. The Morgan fingerprint density at radius 2 is 1.64 bits per heavy atom. The standard InChI is InChI=1S/C16H17N3O2.2C2H6/c1-10-7-11(2)15(20)13(8-10)9-18-19-16(21)12-3-5-14(17)6-4-12;2*1-2/h3-9,20H,17H2,1-2H3,(H,19,21);2*1-2H3/b18-9+;;. The fourth-order valence-corrected chi connectivity index (χ4v) is 1.95. The molecule has 5 heteroatoms. The summed E-state index contributed by atoms with van der Waals surface area (Å²) in [7, 11) is 0. The van der Waals surface area contributed by atoms with Crippen molar-refractivity contribution in [3.05, 3.63) is 58.7 Å². The van der Waals surface area contributed by atoms with Crippen LogP contribution in [-0.2, 0) is 0 Å². The van der Waals surface area contributed by atoms with Crippen LogP contribution in [0.3, 0.4) is 0 Å². The summed E-state index contributed by atoms with van der Waals surface area (Å²) in [5, 5.41) is 13.8. The van der Waals surface area contributed by atoms with E-state index in [4.69, 9.17) is 5.73 Å². The molecule has 5 nitrogen and oxygen atoms in total. The molecule has 0 radical (unpaired) electrons. The number of phenolic OH excluding ortho intramolecular Hbond substituents is 1. The number of nitrogen functional groups attached to an aromatic ring is 1. The van der Waals surface area contributed by atoms with E-state index in [-0.39, 0.29) is 11.7 Å². The molecule has 0 aliphatic rings. The summed E-state index contributed by atoms with van der Waals surface area (Å²) in [6, 6.07) is 10.2. The number of hydrogen-bond donors (Lipinski definition) is 3. The highest BCUT2D eigenvalue weighted by molar-refractivity contribution is 5.95. The predicted molar refractivity (Wildman–Crippen MR) is 106 cm³/mol. The van der Waals surface area contributed by atoms with Crippen LogP contribution in [0.25, 0.3) is 0 Å². The summed E-state index contributed by atoms with van der Waals surface area (Å²) in [4.78, 5) is 11.8. The van der Waals surface area contributed by atoms with Crippen molar-refractivity contribution in [2.24, 2.45) is 5.10 Å². The number of hydrazone groups is 1. The number of nitrogens with one attached hydrogen (secondary N) is 1. The molecule has 0 aliphatic heterocycles. The van der Waals surface area contributed by atoms with Gasteiger partial charge in [0.1, 0.15) is 5.75 Å². The second kappa shape index (κ2) is 11.7. The van der Waals surface area contributed by atoms with Gasteiger partial charge in [-0.1, -0.05) is 33.8 Å². The summed E-state index contributed by atoms with van der Waals surface area (Å²) in [6.45, 7) is 11.7. The number of amides is 1. The van der Waals surface area contributed by atoms with E-state index in [0.717, 1.165) is 11.1 Å². The lowest BCUT2D eigenvalue weighted by atomic mass is 10.1. The van der Waals surface area contributed by atoms with Crippen molar-refractivity contribution in [3.63, 3.8) is 0 Å². The highest BCUT2D eigenvalue weighted by atomic mass is 16.3. The van der Waals surface area contributed by atoms with Crippen molar-refractivity contribution in [1.29, 1.82) is 0 Å². The van der Waals surface area contributed by atoms with Gasteiger partial charge in [0.15, 0.2) is 0 Å². The second-order valence-electron chi connectivity index (χ2n) is 4.84. The van der Waals surface area contributed by atoms with Gasteiger partial charge < -0.3 is 10.8 Å². The number of hydrogen-bond acceptors (Lipinski definition) is 4. The lowest BCUT2D eigenvalue weighted by Crippen LogP contribution is -2.17. The van der Waals surface area contributed by atoms with Gasteiger partial charge >= 0.3 is 0 Å². The third kappa shape index (κ3) is 7.08. The van der Waals surface area contributed by atoms with Crippen LogP contribution in [0.2, 0.25) is 0 Å². The Bertz CT molecular complexity index is 693. The number of aromatic hydroxyl groups is 1. The molecule has 25 heavy (non-hydrogen) atoms. The Morgan fingerprint density at radius 1 is 1.08 bits per heavy atom. The number of carbonyl (C=O) groups is 1. The lowest BCUT2D eigenvalue weighted by molar-refractivity contribution is 0.0955. The molecule has 0 fully saturated rings. The third-order valence-electron chi connectivity index (χ3n) is 3.02. The van der Waals surface area contributed by atoms with Crippen LogP contribution in [0.4, 0.5) is 5.69 Å². The van der Waals surface area contributed by atoms with Gasteiger partial charge in [0.2, 0.25) is 0 Å². The van der Waals surface area contributed by atoms with Crippen LogP contribution in [0, 0.1) is 13.8 Å². The zero-order valence-electron chi connectivity index (χ0n) is 15.9. The SMILES string of the molecule is CC.CC.Cc1cc(C)c(O)c(/C=N/NC(=O)c2ccc(N)cc2)c1. The third-order valence-corrected chi connectivity index (χ3v) is 3.02. The summed E-state index contributed by atoms with van der Waals surface area (Å²) in [5.41, 5.74) is 11.4. The number of carbonyl (C=O) groups excluding carboxylic acids is 1. The zero-order chi connectivity index (χ0) is 19.4. The summed E-state index contributed by atoms with van der Waals surface area (Å²) < 4.78 is 0. The van der Waals surface area contributed by atoms with E-state index in [1.165, 1.54) is 6.21 Å². The number of nitrogens with two attached hydrogens (primary N) is 1. The molecule has 0 aromatic heterocycles. The van der Waals surface area contributed by atoms with Crippen molar-refractivity contribution in [2.75, 3.05) is 5.73 Å². The normalized spacial score (nSPS) is 9.52. The fourth-order valence-electron chi connectivity index (χ4n) is 1.95. The highest BCUT2D eigenvalue weighted by Crippen LogP contribution is 2.21. The number of benzene rings is 2. The Labute approximate surface area is 150 Å². The molecule has 0 bridgehead atoms. The quantitative estimate of drug-likeness (QED) is 0.438. The summed E-state index contributed by atoms with van der Waals surface area (Å²) >= 11 is 0. The smallest absolute Gasteiger partial charge is 0.271 e. The number of aryl methyl sites for hydroxylation is 2. The Balaban J connectivity index is 0.00000134. The van der Waals surface area contributed by atoms with Crippen molar-refractivity contribution >= 4 is 17.8 Å². The molecule has 2 aromatic rings. The average molecular weight is 343 g/mol. The van der Waals surface area contributed by atoms with Crippen LogP contribution in [0.1, 0.15) is 54.7 Å². The fraction of sp³-hybridized carbons (Fsp3) is 0.300. The topological polar surface area (TPSA) is 87.7 Å². The van der Waals surface area contributed by atoms with Crippen LogP contribution in [0.15, 0.2) is 41.5 Å². The van der Waals surface area contributed by atoms with E-state index < -0.39 is 0 Å². The molecule has 4 N–H and O–H groups in total. The van der Waals surface area contributed by atoms with Crippen LogP contribution >= 0.6 is 0 Å². The maximum atomic E-state index is 11.8. The van der Waals surface area contributed by atoms with Gasteiger partial charge in [0.05, 0.1) is 6.21 Å². The molecular formula is C20H29N3O2. The molecule has 0 saturated heterocycles. The lowest BCUT2D eigenvalue weighted by Gasteiger charge is -2.05. The van der Waals surface area contributed by atoms with E-state index in [1.807, 2.05) is 47.6 Å². The van der Waals surface area contributed by atoms with E-state index in [2.05, 4.69) is 10.5 Å². The van der Waals surface area contributed by atoms with Gasteiger partial charge in [0.25, 0.3) is 5.91 Å². The van der Waals surface area contributed by atoms with E-state index in [0.29, 0.717) is 16.8 Å². The first-order valence-corrected chi connectivity index (χ1v) is 8.46. The first kappa shape index (κ1) is 22.2. The maximum Gasteiger partial charge on any atom is 0.271 e. The molecule has 1 amide bonds. The molecule has 0 spiro atoms. The minimum absolute atomic E-state index is 0.158. The minimum atomic E-state index is -0.338. The van der Waals surface area contributed by atoms with Crippen LogP contribution < -0.4 is 11.2 Å². The monoisotopic (exact) mass is 343 g/mol. The zero-order valence-corrected chi connectivity index (χ0v) is 15.9. The van der Waals surface area contributed by atoms with E-state index in [1.54, 1.807) is 30.3 Å². The van der Waals surface area contributed by atoms with Gasteiger partial charge in [-0.2, -0.15) is 5.10 Å². The molecule has 0 saturated carbocycles. The summed E-state index contributed by atoms with van der Waals surface area (Å²) in [5.74, 6) is -0.179. The molecule has 2 aromatic carbocycles. The molecular weight excluding hydrogens is 314 g/mol. The Kier molecular flexibility index (Phi) is 10.4. The second-order valence-corrected chi connectivity index (χ2v) is 4.84. The first-order chi connectivity index (χ1) is 12.0. The number of nitrogens with zero attached hydrogens (tertiary/aromatic N) is 1. The van der Waals surface area contributed by atoms with Gasteiger partial charge in [-0.05, 0) is 55.3 Å². The first-order valence-electron chi connectivity index (χ1n) is 8.46. The molecule has 0 aliphatic carbocycles. The minimum Gasteiger partial charge on any atom is -0.507 e.